The molecule has 6 nitrogen and oxygen atoms in total. The summed E-state index contributed by atoms with van der Waals surface area (Å²) in [6, 6.07) is 12.6. The fourth-order valence-electron chi connectivity index (χ4n) is 1.82. The van der Waals surface area contributed by atoms with Gasteiger partial charge < -0.3 is 9.47 Å². The van der Waals surface area contributed by atoms with Crippen LogP contribution in [0.5, 0.6) is 11.6 Å². The molecule has 0 saturated heterocycles. The zero-order chi connectivity index (χ0) is 17.6. The van der Waals surface area contributed by atoms with Gasteiger partial charge in [0.2, 0.25) is 5.88 Å². The highest BCUT2D eigenvalue weighted by atomic mass is 16.6. The number of nitrogens with one attached hydrogen (secondary N) is 1. The molecule has 24 heavy (non-hydrogen) atoms. The Balaban J connectivity index is 1.94. The standard InChI is InChI=1S/C18H19N3O3/c1-18(2,3)24-17(22)21-14-6-9-16(20-12-14)23-15-7-4-13(5-8-15)10-11-19/h4-9,12H,10H2,1-3H3,(H,21,22). The van der Waals surface area contributed by atoms with Crippen LogP contribution in [-0.4, -0.2) is 16.7 Å². The Morgan fingerprint density at radius 1 is 1.21 bits per heavy atom. The number of hydrogen-bond acceptors (Lipinski definition) is 5. The van der Waals surface area contributed by atoms with Crippen molar-refractivity contribution in [2.45, 2.75) is 32.8 Å². The van der Waals surface area contributed by atoms with Crippen molar-refractivity contribution in [3.63, 3.8) is 0 Å². The fourth-order valence-corrected chi connectivity index (χ4v) is 1.82. The van der Waals surface area contributed by atoms with Crippen molar-refractivity contribution in [2.24, 2.45) is 0 Å². The van der Waals surface area contributed by atoms with Crippen LogP contribution in [0.15, 0.2) is 42.6 Å². The second kappa shape index (κ2) is 7.47. The monoisotopic (exact) mass is 325 g/mol. The number of nitriles is 1. The molecule has 0 radical (unpaired) electrons. The van der Waals surface area contributed by atoms with E-state index in [1.54, 1.807) is 45.0 Å². The Kier molecular flexibility index (Phi) is 5.38. The Bertz CT molecular complexity index is 726. The molecule has 1 aromatic heterocycles. The van der Waals surface area contributed by atoms with E-state index in [9.17, 15) is 4.79 Å². The average molecular weight is 325 g/mol. The largest absolute Gasteiger partial charge is 0.444 e. The van der Waals surface area contributed by atoms with Gasteiger partial charge in [-0.15, -0.1) is 0 Å². The van der Waals surface area contributed by atoms with E-state index in [4.69, 9.17) is 14.7 Å². The van der Waals surface area contributed by atoms with Crippen LogP contribution < -0.4 is 10.1 Å². The van der Waals surface area contributed by atoms with Crippen LogP contribution in [0.3, 0.4) is 0 Å². The fraction of sp³-hybridized carbons (Fsp3) is 0.278. The first-order valence-corrected chi connectivity index (χ1v) is 7.45. The first-order chi connectivity index (χ1) is 11.4. The van der Waals surface area contributed by atoms with E-state index in [2.05, 4.69) is 16.4 Å². The van der Waals surface area contributed by atoms with E-state index in [1.807, 2.05) is 12.1 Å². The molecule has 0 aliphatic carbocycles. The summed E-state index contributed by atoms with van der Waals surface area (Å²) in [6.07, 6.45) is 1.32. The molecule has 0 unspecified atom stereocenters. The number of benzene rings is 1. The molecular weight excluding hydrogens is 306 g/mol. The molecule has 0 fully saturated rings. The lowest BCUT2D eigenvalue weighted by Crippen LogP contribution is -2.27. The lowest BCUT2D eigenvalue weighted by molar-refractivity contribution is 0.0636. The summed E-state index contributed by atoms with van der Waals surface area (Å²) in [6.45, 7) is 5.39. The molecule has 2 aromatic rings. The summed E-state index contributed by atoms with van der Waals surface area (Å²) in [7, 11) is 0. The first-order valence-electron chi connectivity index (χ1n) is 7.45. The van der Waals surface area contributed by atoms with Crippen LogP contribution in [0, 0.1) is 11.3 Å². The normalized spacial score (nSPS) is 10.6. The lowest BCUT2D eigenvalue weighted by Gasteiger charge is -2.19. The third-order valence-electron chi connectivity index (χ3n) is 2.81. The lowest BCUT2D eigenvalue weighted by atomic mass is 10.2. The Morgan fingerprint density at radius 2 is 1.92 bits per heavy atom. The summed E-state index contributed by atoms with van der Waals surface area (Å²) >= 11 is 0. The molecule has 1 heterocycles. The van der Waals surface area contributed by atoms with Crippen molar-refractivity contribution in [1.82, 2.24) is 4.98 Å². The summed E-state index contributed by atoms with van der Waals surface area (Å²) in [4.78, 5) is 15.8. The number of carbonyl (C=O) groups is 1. The average Bonchev–Trinajstić information content (AvgIpc) is 2.49. The topological polar surface area (TPSA) is 84.2 Å². The molecule has 0 aliphatic rings. The Hall–Kier alpha value is -3.07. The van der Waals surface area contributed by atoms with Crippen LogP contribution in [-0.2, 0) is 11.2 Å². The van der Waals surface area contributed by atoms with Gasteiger partial charge >= 0.3 is 6.09 Å². The maximum Gasteiger partial charge on any atom is 0.412 e. The van der Waals surface area contributed by atoms with Gasteiger partial charge in [0, 0.05) is 6.07 Å². The summed E-state index contributed by atoms with van der Waals surface area (Å²) in [5.41, 5.74) is 0.883. The molecule has 2 rings (SSSR count). The smallest absolute Gasteiger partial charge is 0.412 e. The number of hydrogen-bond donors (Lipinski definition) is 1. The van der Waals surface area contributed by atoms with Crippen molar-refractivity contribution in [1.29, 1.82) is 5.26 Å². The molecule has 124 valence electrons. The summed E-state index contributed by atoms with van der Waals surface area (Å²) < 4.78 is 10.8. The molecule has 1 aromatic carbocycles. The SMILES string of the molecule is CC(C)(C)OC(=O)Nc1ccc(Oc2ccc(CC#N)cc2)nc1. The molecule has 0 spiro atoms. The number of carbonyl (C=O) groups excluding carboxylic acids is 1. The van der Waals surface area contributed by atoms with Gasteiger partial charge in [-0.25, -0.2) is 9.78 Å². The van der Waals surface area contributed by atoms with E-state index >= 15 is 0 Å². The Labute approximate surface area is 141 Å². The van der Waals surface area contributed by atoms with Crippen molar-refractivity contribution in [2.75, 3.05) is 5.32 Å². The van der Waals surface area contributed by atoms with E-state index in [0.29, 0.717) is 23.7 Å². The predicted octanol–water partition coefficient (Wildman–Crippen LogP) is 4.29. The minimum Gasteiger partial charge on any atom is -0.444 e. The van der Waals surface area contributed by atoms with Crippen LogP contribution in [0.2, 0.25) is 0 Å². The van der Waals surface area contributed by atoms with Crippen LogP contribution in [0.1, 0.15) is 26.3 Å². The maximum absolute atomic E-state index is 11.7. The van der Waals surface area contributed by atoms with E-state index in [0.717, 1.165) is 5.56 Å². The van der Waals surface area contributed by atoms with Crippen LogP contribution in [0.4, 0.5) is 10.5 Å². The number of nitrogens with zero attached hydrogens (tertiary/aromatic N) is 2. The number of aromatic nitrogens is 1. The van der Waals surface area contributed by atoms with Crippen molar-refractivity contribution in [3.05, 3.63) is 48.2 Å². The predicted molar refractivity (Wildman–Crippen MR) is 89.9 cm³/mol. The number of rotatable bonds is 4. The molecule has 0 atom stereocenters. The molecule has 0 saturated carbocycles. The van der Waals surface area contributed by atoms with E-state index in [1.165, 1.54) is 6.20 Å². The van der Waals surface area contributed by atoms with Gasteiger partial charge in [-0.2, -0.15) is 5.26 Å². The summed E-state index contributed by atoms with van der Waals surface area (Å²) in [5.74, 6) is 1.02. The third kappa shape index (κ3) is 5.61. The van der Waals surface area contributed by atoms with Crippen molar-refractivity contribution < 1.29 is 14.3 Å². The maximum atomic E-state index is 11.7. The minimum atomic E-state index is -0.557. The zero-order valence-electron chi connectivity index (χ0n) is 13.9. The van der Waals surface area contributed by atoms with Crippen molar-refractivity contribution >= 4 is 11.8 Å². The van der Waals surface area contributed by atoms with Crippen molar-refractivity contribution in [3.8, 4) is 17.7 Å². The zero-order valence-corrected chi connectivity index (χ0v) is 13.9. The quantitative estimate of drug-likeness (QED) is 0.906. The van der Waals surface area contributed by atoms with Crippen LogP contribution >= 0.6 is 0 Å². The van der Waals surface area contributed by atoms with Gasteiger partial charge in [0.25, 0.3) is 0 Å². The molecule has 1 amide bonds. The molecular formula is C18H19N3O3. The minimum absolute atomic E-state index is 0.365. The summed E-state index contributed by atoms with van der Waals surface area (Å²) in [5, 5.41) is 11.2. The second-order valence-electron chi connectivity index (χ2n) is 6.09. The molecule has 0 aliphatic heterocycles. The highest BCUT2D eigenvalue weighted by Gasteiger charge is 2.16. The third-order valence-corrected chi connectivity index (χ3v) is 2.81. The van der Waals surface area contributed by atoms with Gasteiger partial charge in [0.05, 0.1) is 24.4 Å². The number of anilines is 1. The Morgan fingerprint density at radius 3 is 2.46 bits per heavy atom. The van der Waals surface area contributed by atoms with Gasteiger partial charge in [-0.1, -0.05) is 12.1 Å². The highest BCUT2D eigenvalue weighted by molar-refractivity contribution is 5.84. The van der Waals surface area contributed by atoms with Gasteiger partial charge in [-0.05, 0) is 44.5 Å². The number of pyridine rings is 1. The van der Waals surface area contributed by atoms with Crippen LogP contribution in [0.25, 0.3) is 0 Å². The number of amides is 1. The van der Waals surface area contributed by atoms with E-state index in [-0.39, 0.29) is 0 Å². The van der Waals surface area contributed by atoms with Gasteiger partial charge in [0.15, 0.2) is 0 Å². The van der Waals surface area contributed by atoms with Gasteiger partial charge in [-0.3, -0.25) is 5.32 Å². The molecule has 1 N–H and O–H groups in total. The number of ether oxygens (including phenoxy) is 2. The second-order valence-corrected chi connectivity index (χ2v) is 6.09. The highest BCUT2D eigenvalue weighted by Crippen LogP contribution is 2.21. The van der Waals surface area contributed by atoms with Gasteiger partial charge in [0.1, 0.15) is 11.4 Å². The molecule has 6 heteroatoms. The van der Waals surface area contributed by atoms with E-state index < -0.39 is 11.7 Å². The first kappa shape index (κ1) is 17.3. The molecule has 0 bridgehead atoms.